The Balaban J connectivity index is 2.89. The largest absolute Gasteiger partial charge is 0.469 e. The van der Waals surface area contributed by atoms with Gasteiger partial charge in [-0.25, -0.2) is 4.39 Å². The Morgan fingerprint density at radius 1 is 1.77 bits per heavy atom. The van der Waals surface area contributed by atoms with Crippen molar-refractivity contribution in [2.75, 3.05) is 7.11 Å². The summed E-state index contributed by atoms with van der Waals surface area (Å²) in [4.78, 5) is 14.4. The Bertz CT molecular complexity index is 330. The number of hydrogen-bond donors (Lipinski definition) is 0. The van der Waals surface area contributed by atoms with Crippen LogP contribution in [0.3, 0.4) is 0 Å². The summed E-state index contributed by atoms with van der Waals surface area (Å²) in [6, 6.07) is 1.32. The number of esters is 1. The summed E-state index contributed by atoms with van der Waals surface area (Å²) in [6.07, 6.45) is 1.13. The third-order valence-electron chi connectivity index (χ3n) is 1.45. The molecule has 0 bridgehead atoms. The third kappa shape index (κ3) is 2.39. The molecule has 0 saturated carbocycles. The van der Waals surface area contributed by atoms with Gasteiger partial charge in [-0.2, -0.15) is 0 Å². The van der Waals surface area contributed by atoms with Crippen molar-refractivity contribution < 1.29 is 13.9 Å². The SMILES string of the molecule is COC(=O)Cc1nccc(Cl)c1F. The molecule has 0 N–H and O–H groups in total. The maximum Gasteiger partial charge on any atom is 0.311 e. The molecule has 1 aromatic heterocycles. The number of methoxy groups -OCH3 is 1. The minimum atomic E-state index is -0.672. The van der Waals surface area contributed by atoms with Crippen LogP contribution in [0.15, 0.2) is 12.3 Å². The van der Waals surface area contributed by atoms with Gasteiger partial charge in [0.25, 0.3) is 0 Å². The van der Waals surface area contributed by atoms with E-state index in [9.17, 15) is 9.18 Å². The second-order valence-corrected chi connectivity index (χ2v) is 2.71. The van der Waals surface area contributed by atoms with E-state index in [-0.39, 0.29) is 17.1 Å². The molecule has 3 nitrogen and oxygen atoms in total. The molecule has 1 heterocycles. The molecule has 0 aliphatic heterocycles. The van der Waals surface area contributed by atoms with Crippen LogP contribution in [0.4, 0.5) is 4.39 Å². The summed E-state index contributed by atoms with van der Waals surface area (Å²) in [6.45, 7) is 0. The fourth-order valence-corrected chi connectivity index (χ4v) is 0.958. The van der Waals surface area contributed by atoms with Crippen molar-refractivity contribution in [2.45, 2.75) is 6.42 Å². The zero-order chi connectivity index (χ0) is 9.84. The zero-order valence-electron chi connectivity index (χ0n) is 6.88. The van der Waals surface area contributed by atoms with E-state index in [0.29, 0.717) is 0 Å². The smallest absolute Gasteiger partial charge is 0.311 e. The van der Waals surface area contributed by atoms with E-state index in [1.165, 1.54) is 19.4 Å². The first kappa shape index (κ1) is 9.92. The van der Waals surface area contributed by atoms with Crippen LogP contribution in [0, 0.1) is 5.82 Å². The Morgan fingerprint density at radius 2 is 2.46 bits per heavy atom. The van der Waals surface area contributed by atoms with Crippen LogP contribution in [0.25, 0.3) is 0 Å². The van der Waals surface area contributed by atoms with E-state index in [1.54, 1.807) is 0 Å². The molecule has 0 aliphatic carbocycles. The van der Waals surface area contributed by atoms with Gasteiger partial charge >= 0.3 is 5.97 Å². The highest BCUT2D eigenvalue weighted by molar-refractivity contribution is 6.30. The van der Waals surface area contributed by atoms with E-state index in [1.807, 2.05) is 0 Å². The fraction of sp³-hybridized carbons (Fsp3) is 0.250. The van der Waals surface area contributed by atoms with Crippen molar-refractivity contribution in [3.8, 4) is 0 Å². The first-order valence-electron chi connectivity index (χ1n) is 3.51. The number of carbonyl (C=O) groups is 1. The van der Waals surface area contributed by atoms with Gasteiger partial charge in [0, 0.05) is 6.20 Å². The topological polar surface area (TPSA) is 39.2 Å². The first-order chi connectivity index (χ1) is 6.15. The number of nitrogens with zero attached hydrogens (tertiary/aromatic N) is 1. The summed E-state index contributed by atoms with van der Waals surface area (Å²) in [5.74, 6) is -1.22. The van der Waals surface area contributed by atoms with Crippen molar-refractivity contribution in [2.24, 2.45) is 0 Å². The molecule has 70 valence electrons. The molecule has 1 aromatic rings. The first-order valence-corrected chi connectivity index (χ1v) is 3.88. The molecule has 13 heavy (non-hydrogen) atoms. The fourth-order valence-electron chi connectivity index (χ4n) is 0.792. The van der Waals surface area contributed by atoms with Gasteiger partial charge in [-0.15, -0.1) is 0 Å². The van der Waals surface area contributed by atoms with Crippen molar-refractivity contribution >= 4 is 17.6 Å². The number of pyridine rings is 1. The predicted molar refractivity (Wildman–Crippen MR) is 44.9 cm³/mol. The standard InChI is InChI=1S/C8H7ClFNO2/c1-13-7(12)4-6-8(10)5(9)2-3-11-6/h2-3H,4H2,1H3. The van der Waals surface area contributed by atoms with Crippen molar-refractivity contribution in [1.29, 1.82) is 0 Å². The second kappa shape index (κ2) is 4.18. The molecular formula is C8H7ClFNO2. The highest BCUT2D eigenvalue weighted by atomic mass is 35.5. The van der Waals surface area contributed by atoms with E-state index >= 15 is 0 Å². The van der Waals surface area contributed by atoms with Gasteiger partial charge in [0.05, 0.1) is 24.2 Å². The van der Waals surface area contributed by atoms with Gasteiger partial charge in [0.2, 0.25) is 0 Å². The molecule has 0 fully saturated rings. The van der Waals surface area contributed by atoms with Gasteiger partial charge in [0.1, 0.15) is 0 Å². The molecule has 0 atom stereocenters. The quantitative estimate of drug-likeness (QED) is 0.686. The average molecular weight is 204 g/mol. The van der Waals surface area contributed by atoms with Crippen LogP contribution >= 0.6 is 11.6 Å². The molecule has 0 unspecified atom stereocenters. The Kier molecular flexibility index (Phi) is 3.19. The van der Waals surface area contributed by atoms with E-state index in [4.69, 9.17) is 11.6 Å². The molecular weight excluding hydrogens is 197 g/mol. The lowest BCUT2D eigenvalue weighted by Crippen LogP contribution is -2.08. The number of halogens is 2. The van der Waals surface area contributed by atoms with Crippen molar-refractivity contribution in [3.05, 3.63) is 28.8 Å². The molecule has 0 amide bonds. The van der Waals surface area contributed by atoms with Gasteiger partial charge in [-0.3, -0.25) is 9.78 Å². The maximum atomic E-state index is 13.1. The summed E-state index contributed by atoms with van der Waals surface area (Å²) in [7, 11) is 1.23. The number of rotatable bonds is 2. The molecule has 0 aliphatic rings. The highest BCUT2D eigenvalue weighted by Crippen LogP contribution is 2.15. The number of carbonyl (C=O) groups excluding carboxylic acids is 1. The lowest BCUT2D eigenvalue weighted by atomic mass is 10.2. The van der Waals surface area contributed by atoms with Crippen LogP contribution in [0.5, 0.6) is 0 Å². The minimum absolute atomic E-state index is 0.000602. The minimum Gasteiger partial charge on any atom is -0.469 e. The van der Waals surface area contributed by atoms with Crippen molar-refractivity contribution in [3.63, 3.8) is 0 Å². The molecule has 1 rings (SSSR count). The van der Waals surface area contributed by atoms with Gasteiger partial charge < -0.3 is 4.74 Å². The maximum absolute atomic E-state index is 13.1. The average Bonchev–Trinajstić information content (AvgIpc) is 2.13. The summed E-state index contributed by atoms with van der Waals surface area (Å²) >= 11 is 5.47. The monoisotopic (exact) mass is 203 g/mol. The zero-order valence-corrected chi connectivity index (χ0v) is 7.64. The summed E-state index contributed by atoms with van der Waals surface area (Å²) in [5, 5.41) is -0.0473. The molecule has 0 spiro atoms. The highest BCUT2D eigenvalue weighted by Gasteiger charge is 2.11. The normalized spacial score (nSPS) is 9.77. The van der Waals surface area contributed by atoms with E-state index in [0.717, 1.165) is 0 Å². The Hall–Kier alpha value is -1.16. The summed E-state index contributed by atoms with van der Waals surface area (Å²) in [5.41, 5.74) is -0.000602. The molecule has 0 radical (unpaired) electrons. The van der Waals surface area contributed by atoms with Gasteiger partial charge in [-0.1, -0.05) is 11.6 Å². The van der Waals surface area contributed by atoms with Crippen LogP contribution in [-0.2, 0) is 16.0 Å². The predicted octanol–water partition coefficient (Wildman–Crippen LogP) is 1.59. The Labute approximate surface area is 79.5 Å². The molecule has 0 aromatic carbocycles. The molecule has 0 saturated heterocycles. The lowest BCUT2D eigenvalue weighted by molar-refractivity contribution is -0.139. The molecule has 5 heteroatoms. The number of aromatic nitrogens is 1. The van der Waals surface area contributed by atoms with Gasteiger partial charge in [-0.05, 0) is 6.07 Å². The van der Waals surface area contributed by atoms with Gasteiger partial charge in [0.15, 0.2) is 5.82 Å². The number of ether oxygens (including phenoxy) is 1. The van der Waals surface area contributed by atoms with Crippen LogP contribution in [-0.4, -0.2) is 18.1 Å². The summed E-state index contributed by atoms with van der Waals surface area (Å²) < 4.78 is 17.5. The van der Waals surface area contributed by atoms with E-state index < -0.39 is 11.8 Å². The van der Waals surface area contributed by atoms with Crippen LogP contribution < -0.4 is 0 Å². The third-order valence-corrected chi connectivity index (χ3v) is 1.75. The van der Waals surface area contributed by atoms with Crippen LogP contribution in [0.2, 0.25) is 5.02 Å². The second-order valence-electron chi connectivity index (χ2n) is 2.31. The van der Waals surface area contributed by atoms with Crippen molar-refractivity contribution in [1.82, 2.24) is 4.98 Å². The lowest BCUT2D eigenvalue weighted by Gasteiger charge is -2.01. The Morgan fingerprint density at radius 3 is 3.08 bits per heavy atom. The van der Waals surface area contributed by atoms with E-state index in [2.05, 4.69) is 9.72 Å². The number of hydrogen-bond acceptors (Lipinski definition) is 3. The van der Waals surface area contributed by atoms with Crippen LogP contribution in [0.1, 0.15) is 5.69 Å².